The topological polar surface area (TPSA) is 22.0 Å². The maximum absolute atomic E-state index is 11.9. The van der Waals surface area contributed by atoms with E-state index in [9.17, 15) is 13.6 Å². The number of rotatable bonds is 2. The third-order valence-corrected chi connectivity index (χ3v) is 1.92. The Balaban J connectivity index is 2.98. The lowest BCUT2D eigenvalue weighted by Crippen LogP contribution is -2.22. The van der Waals surface area contributed by atoms with Gasteiger partial charge < -0.3 is 4.57 Å². The zero-order valence-electron chi connectivity index (χ0n) is 6.01. The lowest BCUT2D eigenvalue weighted by molar-refractivity contribution is 0.125. The minimum atomic E-state index is -2.49. The van der Waals surface area contributed by atoms with Crippen LogP contribution in [0.5, 0.6) is 0 Å². The highest BCUT2D eigenvalue weighted by Gasteiger charge is 2.04. The van der Waals surface area contributed by atoms with Crippen molar-refractivity contribution in [3.05, 3.63) is 32.3 Å². The van der Waals surface area contributed by atoms with Crippen LogP contribution < -0.4 is 5.56 Å². The second kappa shape index (κ2) is 3.97. The van der Waals surface area contributed by atoms with Crippen molar-refractivity contribution in [3.63, 3.8) is 0 Å². The maximum atomic E-state index is 11.9. The van der Waals surface area contributed by atoms with Crippen molar-refractivity contribution >= 4 is 22.6 Å². The van der Waals surface area contributed by atoms with Gasteiger partial charge in [0.05, 0.1) is 6.54 Å². The van der Waals surface area contributed by atoms with E-state index in [0.29, 0.717) is 0 Å². The average molecular weight is 285 g/mol. The molecule has 0 aliphatic carbocycles. The van der Waals surface area contributed by atoms with Crippen molar-refractivity contribution < 1.29 is 8.78 Å². The van der Waals surface area contributed by atoms with Gasteiger partial charge in [-0.3, -0.25) is 4.79 Å². The Morgan fingerprint density at radius 2 is 2.17 bits per heavy atom. The molecule has 0 bridgehead atoms. The van der Waals surface area contributed by atoms with Gasteiger partial charge in [-0.15, -0.1) is 0 Å². The van der Waals surface area contributed by atoms with Gasteiger partial charge in [0.15, 0.2) is 0 Å². The first kappa shape index (κ1) is 9.63. The number of hydrogen-bond acceptors (Lipinski definition) is 1. The van der Waals surface area contributed by atoms with Crippen LogP contribution in [0.1, 0.15) is 0 Å². The highest BCUT2D eigenvalue weighted by atomic mass is 127. The molecule has 5 heteroatoms. The molecular formula is C7H6F2INO. The van der Waals surface area contributed by atoms with Gasteiger partial charge in [0.25, 0.3) is 12.0 Å². The van der Waals surface area contributed by atoms with E-state index in [2.05, 4.69) is 0 Å². The van der Waals surface area contributed by atoms with E-state index in [1.54, 1.807) is 6.07 Å². The summed E-state index contributed by atoms with van der Waals surface area (Å²) in [4.78, 5) is 10.9. The van der Waals surface area contributed by atoms with Gasteiger partial charge in [0.2, 0.25) is 0 Å². The molecule has 0 N–H and O–H groups in total. The summed E-state index contributed by atoms with van der Waals surface area (Å²) in [5.74, 6) is 0. The molecule has 0 aliphatic heterocycles. The van der Waals surface area contributed by atoms with E-state index >= 15 is 0 Å². The van der Waals surface area contributed by atoms with Crippen LogP contribution in [0.15, 0.2) is 23.1 Å². The number of halogens is 3. The first-order valence-electron chi connectivity index (χ1n) is 3.24. The number of nitrogens with zero attached hydrogens (tertiary/aromatic N) is 1. The quantitative estimate of drug-likeness (QED) is 0.758. The summed E-state index contributed by atoms with van der Waals surface area (Å²) in [5.41, 5.74) is -0.393. The van der Waals surface area contributed by atoms with Gasteiger partial charge in [-0.05, 0) is 28.7 Å². The van der Waals surface area contributed by atoms with Crippen LogP contribution in [-0.4, -0.2) is 11.0 Å². The summed E-state index contributed by atoms with van der Waals surface area (Å²) in [7, 11) is 0. The van der Waals surface area contributed by atoms with Gasteiger partial charge in [-0.1, -0.05) is 0 Å². The van der Waals surface area contributed by atoms with Crippen LogP contribution in [0.4, 0.5) is 8.78 Å². The van der Waals surface area contributed by atoms with Crippen molar-refractivity contribution in [2.24, 2.45) is 0 Å². The molecule has 1 heterocycles. The Hall–Kier alpha value is -0.460. The Kier molecular flexibility index (Phi) is 3.19. The van der Waals surface area contributed by atoms with Gasteiger partial charge >= 0.3 is 0 Å². The standard InChI is InChI=1S/C7H6F2INO/c8-6(9)4-11-3-5(10)1-2-7(11)12/h1-3,6H,4H2. The third-order valence-electron chi connectivity index (χ3n) is 1.28. The molecular weight excluding hydrogens is 279 g/mol. The SMILES string of the molecule is O=c1ccc(I)cn1CC(F)F. The largest absolute Gasteiger partial charge is 0.309 e. The molecule has 0 aromatic carbocycles. The third kappa shape index (κ3) is 2.54. The molecule has 0 atom stereocenters. The summed E-state index contributed by atoms with van der Waals surface area (Å²) in [6, 6.07) is 2.87. The lowest BCUT2D eigenvalue weighted by atomic mass is 10.4. The summed E-state index contributed by atoms with van der Waals surface area (Å²) in [6.07, 6.45) is -1.07. The van der Waals surface area contributed by atoms with Gasteiger partial charge in [0, 0.05) is 15.8 Å². The number of aromatic nitrogens is 1. The molecule has 1 rings (SSSR count). The van der Waals surface area contributed by atoms with E-state index in [0.717, 1.165) is 8.14 Å². The Labute approximate surface area is 81.3 Å². The van der Waals surface area contributed by atoms with Crippen LogP contribution in [-0.2, 0) is 6.54 Å². The molecule has 0 aliphatic rings. The zero-order valence-corrected chi connectivity index (χ0v) is 8.16. The number of hydrogen-bond donors (Lipinski definition) is 0. The molecule has 0 fully saturated rings. The number of pyridine rings is 1. The monoisotopic (exact) mass is 285 g/mol. The Morgan fingerprint density at radius 3 is 2.75 bits per heavy atom. The smallest absolute Gasteiger partial charge is 0.256 e. The fourth-order valence-electron chi connectivity index (χ4n) is 0.794. The van der Waals surface area contributed by atoms with Gasteiger partial charge in [-0.25, -0.2) is 8.78 Å². The number of alkyl halides is 2. The second-order valence-corrected chi connectivity index (χ2v) is 3.47. The van der Waals surface area contributed by atoms with E-state index in [1.165, 1.54) is 12.3 Å². The molecule has 0 radical (unpaired) electrons. The lowest BCUT2D eigenvalue weighted by Gasteiger charge is -2.03. The molecule has 1 aromatic rings. The predicted octanol–water partition coefficient (Wildman–Crippen LogP) is 1.72. The molecule has 66 valence electrons. The van der Waals surface area contributed by atoms with Crippen molar-refractivity contribution in [2.45, 2.75) is 13.0 Å². The summed E-state index contributed by atoms with van der Waals surface area (Å²) in [6.45, 7) is -0.532. The summed E-state index contributed by atoms with van der Waals surface area (Å²) in [5, 5.41) is 0. The highest BCUT2D eigenvalue weighted by Crippen LogP contribution is 2.01. The van der Waals surface area contributed by atoms with E-state index in [1.807, 2.05) is 22.6 Å². The maximum Gasteiger partial charge on any atom is 0.256 e. The van der Waals surface area contributed by atoms with Gasteiger partial charge in [-0.2, -0.15) is 0 Å². The molecule has 12 heavy (non-hydrogen) atoms. The molecule has 0 unspecified atom stereocenters. The minimum Gasteiger partial charge on any atom is -0.309 e. The fraction of sp³-hybridized carbons (Fsp3) is 0.286. The fourth-order valence-corrected chi connectivity index (χ4v) is 1.31. The summed E-state index contributed by atoms with van der Waals surface area (Å²) < 4.78 is 25.5. The van der Waals surface area contributed by atoms with Crippen molar-refractivity contribution in [2.75, 3.05) is 0 Å². The first-order valence-corrected chi connectivity index (χ1v) is 4.31. The van der Waals surface area contributed by atoms with Crippen LogP contribution in [0, 0.1) is 3.57 Å². The van der Waals surface area contributed by atoms with Crippen LogP contribution in [0.2, 0.25) is 0 Å². The predicted molar refractivity (Wildman–Crippen MR) is 49.4 cm³/mol. The second-order valence-electron chi connectivity index (χ2n) is 2.23. The molecule has 0 spiro atoms. The van der Waals surface area contributed by atoms with E-state index in [-0.39, 0.29) is 0 Å². The van der Waals surface area contributed by atoms with E-state index in [4.69, 9.17) is 0 Å². The van der Waals surface area contributed by atoms with E-state index < -0.39 is 18.5 Å². The minimum absolute atomic E-state index is 0.393. The van der Waals surface area contributed by atoms with Crippen molar-refractivity contribution in [1.82, 2.24) is 4.57 Å². The average Bonchev–Trinajstić information content (AvgIpc) is 1.96. The Morgan fingerprint density at radius 1 is 1.50 bits per heavy atom. The Bertz CT molecular complexity index is 323. The molecule has 1 aromatic heterocycles. The van der Waals surface area contributed by atoms with Gasteiger partial charge in [0.1, 0.15) is 0 Å². The van der Waals surface area contributed by atoms with Crippen LogP contribution >= 0.6 is 22.6 Å². The van der Waals surface area contributed by atoms with Crippen LogP contribution in [0.25, 0.3) is 0 Å². The normalized spacial score (nSPS) is 10.7. The first-order chi connectivity index (χ1) is 5.59. The molecule has 0 saturated carbocycles. The van der Waals surface area contributed by atoms with Crippen molar-refractivity contribution in [3.8, 4) is 0 Å². The molecule has 0 saturated heterocycles. The molecule has 2 nitrogen and oxygen atoms in total. The summed E-state index contributed by atoms with van der Waals surface area (Å²) >= 11 is 1.96. The van der Waals surface area contributed by atoms with Crippen molar-refractivity contribution in [1.29, 1.82) is 0 Å². The zero-order chi connectivity index (χ0) is 9.14. The highest BCUT2D eigenvalue weighted by molar-refractivity contribution is 14.1. The van der Waals surface area contributed by atoms with Crippen LogP contribution in [0.3, 0.4) is 0 Å². The molecule has 0 amide bonds.